The van der Waals surface area contributed by atoms with Crippen molar-refractivity contribution in [3.8, 4) is 5.75 Å². The van der Waals surface area contributed by atoms with Crippen molar-refractivity contribution in [1.82, 2.24) is 15.3 Å². The lowest BCUT2D eigenvalue weighted by Gasteiger charge is -2.04. The van der Waals surface area contributed by atoms with E-state index < -0.39 is 17.2 Å². The van der Waals surface area contributed by atoms with E-state index in [0.29, 0.717) is 0 Å². The van der Waals surface area contributed by atoms with Crippen molar-refractivity contribution in [1.29, 1.82) is 0 Å². The molecule has 0 aliphatic rings. The standard InChI is InChI=1S/C12H11N3O4/c16-8-3-1-7(2-4-8)5-13-10(17)9-6-14-12(19)15-11(9)18/h1-4,6,16H,5H2,(H,13,17)(H2,14,15,18,19). The number of nitrogens with one attached hydrogen (secondary N) is 3. The zero-order chi connectivity index (χ0) is 13.8. The predicted molar refractivity (Wildman–Crippen MR) is 67.0 cm³/mol. The average Bonchev–Trinajstić information content (AvgIpc) is 2.37. The van der Waals surface area contributed by atoms with E-state index in [2.05, 4.69) is 10.3 Å². The molecule has 0 atom stereocenters. The van der Waals surface area contributed by atoms with Crippen LogP contribution in [0.2, 0.25) is 0 Å². The molecule has 1 aromatic heterocycles. The van der Waals surface area contributed by atoms with Crippen LogP contribution in [0.15, 0.2) is 40.1 Å². The highest BCUT2D eigenvalue weighted by Crippen LogP contribution is 2.09. The highest BCUT2D eigenvalue weighted by atomic mass is 16.3. The summed E-state index contributed by atoms with van der Waals surface area (Å²) in [4.78, 5) is 38.1. The van der Waals surface area contributed by atoms with Crippen molar-refractivity contribution in [2.24, 2.45) is 0 Å². The third-order valence-corrected chi connectivity index (χ3v) is 2.45. The molecule has 19 heavy (non-hydrogen) atoms. The predicted octanol–water partition coefficient (Wildman–Crippen LogP) is -0.301. The van der Waals surface area contributed by atoms with Crippen LogP contribution in [-0.4, -0.2) is 21.0 Å². The van der Waals surface area contributed by atoms with Crippen molar-refractivity contribution in [3.63, 3.8) is 0 Å². The van der Waals surface area contributed by atoms with Crippen LogP contribution in [0.1, 0.15) is 15.9 Å². The van der Waals surface area contributed by atoms with Crippen molar-refractivity contribution >= 4 is 5.91 Å². The fraction of sp³-hybridized carbons (Fsp3) is 0.0833. The quantitative estimate of drug-likeness (QED) is 0.607. The number of hydrogen-bond donors (Lipinski definition) is 4. The van der Waals surface area contributed by atoms with Crippen LogP contribution in [0.4, 0.5) is 0 Å². The van der Waals surface area contributed by atoms with E-state index in [9.17, 15) is 14.4 Å². The first kappa shape index (κ1) is 12.6. The van der Waals surface area contributed by atoms with Crippen molar-refractivity contribution in [3.05, 3.63) is 62.4 Å². The van der Waals surface area contributed by atoms with Crippen LogP contribution >= 0.6 is 0 Å². The van der Waals surface area contributed by atoms with Gasteiger partial charge in [-0.3, -0.25) is 14.6 Å². The molecule has 7 nitrogen and oxygen atoms in total. The first-order valence-electron chi connectivity index (χ1n) is 5.44. The Hall–Kier alpha value is -2.83. The second kappa shape index (κ2) is 5.21. The molecule has 98 valence electrons. The Kier molecular flexibility index (Phi) is 3.46. The average molecular weight is 261 g/mol. The van der Waals surface area contributed by atoms with Crippen LogP contribution in [0.5, 0.6) is 5.75 Å². The lowest BCUT2D eigenvalue weighted by Crippen LogP contribution is -2.33. The van der Waals surface area contributed by atoms with E-state index in [0.717, 1.165) is 11.8 Å². The van der Waals surface area contributed by atoms with Crippen LogP contribution in [0.25, 0.3) is 0 Å². The summed E-state index contributed by atoms with van der Waals surface area (Å²) in [6, 6.07) is 6.28. The number of phenols is 1. The van der Waals surface area contributed by atoms with Gasteiger partial charge in [0.1, 0.15) is 11.3 Å². The minimum Gasteiger partial charge on any atom is -0.508 e. The minimum absolute atomic E-state index is 0.132. The van der Waals surface area contributed by atoms with Gasteiger partial charge in [0.2, 0.25) is 0 Å². The number of carbonyl (C=O) groups excluding carboxylic acids is 1. The van der Waals surface area contributed by atoms with Gasteiger partial charge in [-0.2, -0.15) is 0 Å². The second-order valence-electron chi connectivity index (χ2n) is 3.83. The monoisotopic (exact) mass is 261 g/mol. The number of carbonyl (C=O) groups is 1. The van der Waals surface area contributed by atoms with Crippen molar-refractivity contribution < 1.29 is 9.90 Å². The van der Waals surface area contributed by atoms with Gasteiger partial charge in [0.25, 0.3) is 11.5 Å². The van der Waals surface area contributed by atoms with Crippen molar-refractivity contribution in [2.45, 2.75) is 6.54 Å². The van der Waals surface area contributed by atoms with Crippen LogP contribution < -0.4 is 16.6 Å². The highest BCUT2D eigenvalue weighted by Gasteiger charge is 2.10. The summed E-state index contributed by atoms with van der Waals surface area (Å²) in [6.45, 7) is 0.206. The first-order chi connectivity index (χ1) is 9.06. The minimum atomic E-state index is -0.744. The SMILES string of the molecule is O=C(NCc1ccc(O)cc1)c1c[nH]c(=O)[nH]c1=O. The molecule has 1 heterocycles. The molecule has 0 bridgehead atoms. The topological polar surface area (TPSA) is 115 Å². The molecule has 1 aromatic carbocycles. The van der Waals surface area contributed by atoms with Gasteiger partial charge in [0, 0.05) is 12.7 Å². The van der Waals surface area contributed by atoms with Crippen molar-refractivity contribution in [2.75, 3.05) is 0 Å². The van der Waals surface area contributed by atoms with Crippen LogP contribution in [0, 0.1) is 0 Å². The number of phenolic OH excluding ortho intramolecular Hbond substituents is 1. The fourth-order valence-corrected chi connectivity index (χ4v) is 1.47. The highest BCUT2D eigenvalue weighted by molar-refractivity contribution is 5.93. The summed E-state index contributed by atoms with van der Waals surface area (Å²) in [5, 5.41) is 11.6. The van der Waals surface area contributed by atoms with E-state index in [4.69, 9.17) is 5.11 Å². The van der Waals surface area contributed by atoms with Gasteiger partial charge in [-0.1, -0.05) is 12.1 Å². The fourth-order valence-electron chi connectivity index (χ4n) is 1.47. The lowest BCUT2D eigenvalue weighted by atomic mass is 10.2. The maximum Gasteiger partial charge on any atom is 0.325 e. The summed E-state index contributed by atoms with van der Waals surface area (Å²) < 4.78 is 0. The zero-order valence-electron chi connectivity index (χ0n) is 9.77. The Bertz CT molecular complexity index is 700. The summed E-state index contributed by atoms with van der Waals surface area (Å²) >= 11 is 0. The second-order valence-corrected chi connectivity index (χ2v) is 3.83. The molecule has 0 saturated heterocycles. The summed E-state index contributed by atoms with van der Waals surface area (Å²) in [7, 11) is 0. The van der Waals surface area contributed by atoms with Gasteiger partial charge in [-0.05, 0) is 17.7 Å². The number of aromatic amines is 2. The van der Waals surface area contributed by atoms with E-state index >= 15 is 0 Å². The number of aromatic nitrogens is 2. The Morgan fingerprint density at radius 1 is 1.21 bits per heavy atom. The Morgan fingerprint density at radius 2 is 1.89 bits per heavy atom. The molecule has 0 aliphatic heterocycles. The van der Waals surface area contributed by atoms with E-state index in [1.165, 1.54) is 12.1 Å². The first-order valence-corrected chi connectivity index (χ1v) is 5.44. The molecule has 0 unspecified atom stereocenters. The van der Waals surface area contributed by atoms with Gasteiger partial charge in [-0.25, -0.2) is 4.79 Å². The Balaban J connectivity index is 2.07. The maximum atomic E-state index is 11.7. The smallest absolute Gasteiger partial charge is 0.325 e. The largest absolute Gasteiger partial charge is 0.508 e. The summed E-state index contributed by atoms with van der Waals surface area (Å²) in [5.74, 6) is -0.460. The van der Waals surface area contributed by atoms with Crippen LogP contribution in [0.3, 0.4) is 0 Å². The van der Waals surface area contributed by atoms with Gasteiger partial charge in [0.15, 0.2) is 0 Å². The molecule has 2 rings (SSSR count). The Morgan fingerprint density at radius 3 is 2.53 bits per heavy atom. The van der Waals surface area contributed by atoms with E-state index in [-0.39, 0.29) is 17.9 Å². The molecule has 0 spiro atoms. The number of hydrogen-bond acceptors (Lipinski definition) is 4. The molecule has 4 N–H and O–H groups in total. The molecular formula is C12H11N3O4. The van der Waals surface area contributed by atoms with Gasteiger partial charge in [-0.15, -0.1) is 0 Å². The van der Waals surface area contributed by atoms with Gasteiger partial charge < -0.3 is 15.4 Å². The number of aromatic hydroxyl groups is 1. The molecular weight excluding hydrogens is 250 g/mol. The lowest BCUT2D eigenvalue weighted by molar-refractivity contribution is 0.0949. The zero-order valence-corrected chi connectivity index (χ0v) is 9.77. The maximum absolute atomic E-state index is 11.7. The molecule has 7 heteroatoms. The third-order valence-electron chi connectivity index (χ3n) is 2.45. The number of benzene rings is 1. The molecule has 0 fully saturated rings. The molecule has 2 aromatic rings. The number of H-pyrrole nitrogens is 2. The molecule has 0 aliphatic carbocycles. The number of amides is 1. The summed E-state index contributed by atoms with van der Waals surface area (Å²) in [6.07, 6.45) is 1.06. The van der Waals surface area contributed by atoms with E-state index in [1.54, 1.807) is 12.1 Å². The van der Waals surface area contributed by atoms with Gasteiger partial charge >= 0.3 is 5.69 Å². The number of rotatable bonds is 3. The third kappa shape index (κ3) is 3.09. The van der Waals surface area contributed by atoms with Gasteiger partial charge in [0.05, 0.1) is 0 Å². The van der Waals surface area contributed by atoms with Crippen LogP contribution in [-0.2, 0) is 6.54 Å². The summed E-state index contributed by atoms with van der Waals surface area (Å²) in [5.41, 5.74) is -0.808. The molecule has 0 radical (unpaired) electrons. The molecule has 0 saturated carbocycles. The normalized spacial score (nSPS) is 10.1. The van der Waals surface area contributed by atoms with E-state index in [1.807, 2.05) is 4.98 Å². The Labute approximate surface area is 106 Å². The molecule has 1 amide bonds.